The Morgan fingerprint density at radius 3 is 2.62 bits per heavy atom. The quantitative estimate of drug-likeness (QED) is 0.651. The first-order chi connectivity index (χ1) is 10.1. The van der Waals surface area contributed by atoms with Crippen LogP contribution in [0.25, 0.3) is 0 Å². The average molecular weight is 294 g/mol. The van der Waals surface area contributed by atoms with Crippen molar-refractivity contribution in [3.8, 4) is 5.75 Å². The van der Waals surface area contributed by atoms with Crippen LogP contribution in [0.4, 0.5) is 5.69 Å². The molecule has 0 saturated heterocycles. The van der Waals surface area contributed by atoms with Gasteiger partial charge in [0.2, 0.25) is 0 Å². The third-order valence-electron chi connectivity index (χ3n) is 3.56. The summed E-state index contributed by atoms with van der Waals surface area (Å²) in [6, 6.07) is 5.57. The summed E-state index contributed by atoms with van der Waals surface area (Å²) >= 11 is 0. The van der Waals surface area contributed by atoms with Crippen LogP contribution < -0.4 is 10.5 Å². The largest absolute Gasteiger partial charge is 0.491 e. The van der Waals surface area contributed by atoms with E-state index >= 15 is 0 Å². The van der Waals surface area contributed by atoms with Gasteiger partial charge >= 0.3 is 0 Å². The van der Waals surface area contributed by atoms with Crippen molar-refractivity contribution in [3.63, 3.8) is 0 Å². The highest BCUT2D eigenvalue weighted by Crippen LogP contribution is 2.27. The molecule has 0 radical (unpaired) electrons. The summed E-state index contributed by atoms with van der Waals surface area (Å²) in [5.41, 5.74) is 7.43. The monoisotopic (exact) mass is 294 g/mol. The van der Waals surface area contributed by atoms with Crippen LogP contribution in [0.1, 0.15) is 51.2 Å². The van der Waals surface area contributed by atoms with Gasteiger partial charge in [-0.3, -0.25) is 0 Å². The van der Waals surface area contributed by atoms with Gasteiger partial charge in [0.05, 0.1) is 18.4 Å². The van der Waals surface area contributed by atoms with Gasteiger partial charge in [-0.25, -0.2) is 0 Å². The van der Waals surface area contributed by atoms with Gasteiger partial charge in [-0.05, 0) is 50.6 Å². The molecule has 4 nitrogen and oxygen atoms in total. The molecule has 1 atom stereocenters. The fourth-order valence-corrected chi connectivity index (χ4v) is 2.17. The molecule has 1 unspecified atom stereocenters. The van der Waals surface area contributed by atoms with Crippen molar-refractivity contribution in [1.82, 2.24) is 4.90 Å². The van der Waals surface area contributed by atoms with Gasteiger partial charge in [0.1, 0.15) is 5.75 Å². The van der Waals surface area contributed by atoms with Crippen LogP contribution in [0, 0.1) is 0 Å². The van der Waals surface area contributed by atoms with Crippen LogP contribution in [0.5, 0.6) is 5.75 Å². The second-order valence-electron chi connectivity index (χ2n) is 5.61. The third-order valence-corrected chi connectivity index (χ3v) is 3.56. The van der Waals surface area contributed by atoms with Crippen LogP contribution >= 0.6 is 0 Å². The molecule has 0 heterocycles. The maximum Gasteiger partial charge on any atom is 0.142 e. The zero-order chi connectivity index (χ0) is 15.7. The minimum Gasteiger partial charge on any atom is -0.491 e. The molecule has 0 fully saturated rings. The Labute approximate surface area is 128 Å². The van der Waals surface area contributed by atoms with Crippen LogP contribution in [-0.2, 0) is 0 Å². The SMILES string of the molecule is CCCCN(C)CCC(O)c1ccc(OCCC)c(N)c1. The Hall–Kier alpha value is -1.26. The zero-order valence-electron chi connectivity index (χ0n) is 13.6. The highest BCUT2D eigenvalue weighted by molar-refractivity contribution is 5.54. The fourth-order valence-electron chi connectivity index (χ4n) is 2.17. The normalized spacial score (nSPS) is 12.6. The van der Waals surface area contributed by atoms with E-state index in [-0.39, 0.29) is 0 Å². The predicted molar refractivity (Wildman–Crippen MR) is 88.6 cm³/mol. The number of benzene rings is 1. The van der Waals surface area contributed by atoms with Crippen molar-refractivity contribution in [2.24, 2.45) is 0 Å². The van der Waals surface area contributed by atoms with Crippen LogP contribution in [0.15, 0.2) is 18.2 Å². The first kappa shape index (κ1) is 17.8. The van der Waals surface area contributed by atoms with Crippen molar-refractivity contribution in [1.29, 1.82) is 0 Å². The van der Waals surface area contributed by atoms with Crippen molar-refractivity contribution >= 4 is 5.69 Å². The first-order valence-electron chi connectivity index (χ1n) is 7.97. The number of unbranched alkanes of at least 4 members (excludes halogenated alkanes) is 1. The Morgan fingerprint density at radius 1 is 1.24 bits per heavy atom. The Kier molecular flexibility index (Phi) is 8.16. The van der Waals surface area contributed by atoms with Gasteiger partial charge in [-0.15, -0.1) is 0 Å². The maximum atomic E-state index is 10.3. The molecule has 0 saturated carbocycles. The number of nitrogen functional groups attached to an aromatic ring is 1. The van der Waals surface area contributed by atoms with Crippen molar-refractivity contribution in [2.75, 3.05) is 32.5 Å². The summed E-state index contributed by atoms with van der Waals surface area (Å²) in [6.07, 6.45) is 3.59. The number of rotatable bonds is 10. The summed E-state index contributed by atoms with van der Waals surface area (Å²) in [4.78, 5) is 2.26. The molecule has 1 rings (SSSR count). The van der Waals surface area contributed by atoms with Gasteiger partial charge < -0.3 is 20.5 Å². The number of hydrogen-bond acceptors (Lipinski definition) is 4. The number of aliphatic hydroxyl groups excluding tert-OH is 1. The van der Waals surface area contributed by atoms with E-state index in [0.29, 0.717) is 18.0 Å². The Balaban J connectivity index is 2.50. The molecular formula is C17H30N2O2. The van der Waals surface area contributed by atoms with Crippen LogP contribution in [-0.4, -0.2) is 36.8 Å². The van der Waals surface area contributed by atoms with E-state index in [4.69, 9.17) is 10.5 Å². The molecule has 3 N–H and O–H groups in total. The summed E-state index contributed by atoms with van der Waals surface area (Å²) in [7, 11) is 2.10. The molecule has 1 aromatic rings. The molecule has 120 valence electrons. The van der Waals surface area contributed by atoms with E-state index in [1.54, 1.807) is 0 Å². The molecular weight excluding hydrogens is 264 g/mol. The average Bonchev–Trinajstić information content (AvgIpc) is 2.49. The number of nitrogens with two attached hydrogens (primary N) is 1. The predicted octanol–water partition coefficient (Wildman–Crippen LogP) is 3.21. The number of nitrogens with zero attached hydrogens (tertiary/aromatic N) is 1. The second kappa shape index (κ2) is 9.64. The summed E-state index contributed by atoms with van der Waals surface area (Å²) in [6.45, 7) is 6.87. The number of ether oxygens (including phenoxy) is 1. The molecule has 4 heteroatoms. The molecule has 0 aliphatic heterocycles. The van der Waals surface area contributed by atoms with Crippen molar-refractivity contribution in [2.45, 2.75) is 45.6 Å². The molecule has 0 spiro atoms. The lowest BCUT2D eigenvalue weighted by atomic mass is 10.1. The summed E-state index contributed by atoms with van der Waals surface area (Å²) in [5, 5.41) is 10.3. The lowest BCUT2D eigenvalue weighted by Crippen LogP contribution is -2.22. The number of anilines is 1. The first-order valence-corrected chi connectivity index (χ1v) is 7.97. The maximum absolute atomic E-state index is 10.3. The molecule has 0 amide bonds. The van der Waals surface area contributed by atoms with Gasteiger partial charge in [-0.1, -0.05) is 26.3 Å². The fraction of sp³-hybridized carbons (Fsp3) is 0.647. The molecule has 0 aliphatic rings. The minimum absolute atomic E-state index is 0.475. The van der Waals surface area contributed by atoms with E-state index in [1.165, 1.54) is 12.8 Å². The van der Waals surface area contributed by atoms with E-state index in [2.05, 4.69) is 25.8 Å². The summed E-state index contributed by atoms with van der Waals surface area (Å²) < 4.78 is 5.55. The standard InChI is InChI=1S/C17H30N2O2/c1-4-6-10-19(3)11-9-16(20)14-7-8-17(15(18)13-14)21-12-5-2/h7-8,13,16,20H,4-6,9-12,18H2,1-3H3. The third kappa shape index (κ3) is 6.36. The molecule has 0 aromatic heterocycles. The minimum atomic E-state index is -0.475. The van der Waals surface area contributed by atoms with E-state index < -0.39 is 6.10 Å². The molecule has 21 heavy (non-hydrogen) atoms. The Morgan fingerprint density at radius 2 is 2.00 bits per heavy atom. The highest BCUT2D eigenvalue weighted by Gasteiger charge is 2.11. The smallest absolute Gasteiger partial charge is 0.142 e. The molecule has 1 aromatic carbocycles. The van der Waals surface area contributed by atoms with E-state index in [9.17, 15) is 5.11 Å². The van der Waals surface area contributed by atoms with E-state index in [0.717, 1.165) is 31.5 Å². The van der Waals surface area contributed by atoms with Crippen molar-refractivity contribution in [3.05, 3.63) is 23.8 Å². The van der Waals surface area contributed by atoms with Gasteiger partial charge in [0.25, 0.3) is 0 Å². The van der Waals surface area contributed by atoms with Crippen molar-refractivity contribution < 1.29 is 9.84 Å². The van der Waals surface area contributed by atoms with Gasteiger partial charge in [0, 0.05) is 6.54 Å². The van der Waals surface area contributed by atoms with Gasteiger partial charge in [-0.2, -0.15) is 0 Å². The van der Waals surface area contributed by atoms with Crippen LogP contribution in [0.3, 0.4) is 0 Å². The lowest BCUT2D eigenvalue weighted by Gasteiger charge is -2.19. The van der Waals surface area contributed by atoms with Crippen LogP contribution in [0.2, 0.25) is 0 Å². The number of aliphatic hydroxyl groups is 1. The highest BCUT2D eigenvalue weighted by atomic mass is 16.5. The molecule has 0 bridgehead atoms. The Bertz CT molecular complexity index is 410. The summed E-state index contributed by atoms with van der Waals surface area (Å²) in [5.74, 6) is 0.702. The topological polar surface area (TPSA) is 58.7 Å². The zero-order valence-corrected chi connectivity index (χ0v) is 13.6. The lowest BCUT2D eigenvalue weighted by molar-refractivity contribution is 0.148. The number of hydrogen-bond donors (Lipinski definition) is 2. The molecule has 0 aliphatic carbocycles. The van der Waals surface area contributed by atoms with Gasteiger partial charge in [0.15, 0.2) is 0 Å². The second-order valence-corrected chi connectivity index (χ2v) is 5.61. The van der Waals surface area contributed by atoms with E-state index in [1.807, 2.05) is 18.2 Å².